The van der Waals surface area contributed by atoms with E-state index in [2.05, 4.69) is 11.0 Å². The zero-order valence-electron chi connectivity index (χ0n) is 19.6. The number of amides is 1. The van der Waals surface area contributed by atoms with Crippen LogP contribution in [0.4, 0.5) is 4.39 Å². The quantitative estimate of drug-likeness (QED) is 0.495. The first-order valence-corrected chi connectivity index (χ1v) is 12.5. The monoisotopic (exact) mass is 457 g/mol. The maximum absolute atomic E-state index is 14.1. The van der Waals surface area contributed by atoms with Crippen LogP contribution in [0, 0.1) is 5.82 Å². The summed E-state index contributed by atoms with van der Waals surface area (Å²) in [6.07, 6.45) is 4.93. The Hall–Kier alpha value is -3.05. The summed E-state index contributed by atoms with van der Waals surface area (Å²) in [6.45, 7) is 4.53. The molecule has 0 N–H and O–H groups in total. The maximum atomic E-state index is 14.1. The predicted molar refractivity (Wildman–Crippen MR) is 132 cm³/mol. The van der Waals surface area contributed by atoms with Crippen molar-refractivity contribution >= 4 is 5.91 Å². The van der Waals surface area contributed by atoms with Crippen molar-refractivity contribution in [3.63, 3.8) is 0 Å². The molecular formula is C29H32FN3O. The number of hydrogen-bond donors (Lipinski definition) is 0. The number of hydrogen-bond acceptors (Lipinski definition) is 3. The minimum atomic E-state index is -0.197. The molecule has 1 unspecified atom stereocenters. The van der Waals surface area contributed by atoms with Crippen LogP contribution in [0.1, 0.15) is 64.5 Å². The Morgan fingerprint density at radius 1 is 0.882 bits per heavy atom. The number of benzene rings is 2. The number of pyridine rings is 1. The number of rotatable bonds is 6. The summed E-state index contributed by atoms with van der Waals surface area (Å²) in [6, 6.07) is 20.9. The topological polar surface area (TPSA) is 36.4 Å². The lowest BCUT2D eigenvalue weighted by Crippen LogP contribution is -2.40. The highest BCUT2D eigenvalue weighted by Crippen LogP contribution is 2.28. The molecule has 5 heteroatoms. The van der Waals surface area contributed by atoms with Crippen molar-refractivity contribution in [2.45, 2.75) is 44.6 Å². The molecule has 1 atom stereocenters. The first kappa shape index (κ1) is 22.7. The van der Waals surface area contributed by atoms with Crippen LogP contribution in [0.2, 0.25) is 0 Å². The second-order valence-electron chi connectivity index (χ2n) is 9.55. The van der Waals surface area contributed by atoms with E-state index in [0.29, 0.717) is 18.5 Å². The second kappa shape index (κ2) is 10.5. The van der Waals surface area contributed by atoms with E-state index in [1.807, 2.05) is 53.4 Å². The Bertz CT molecular complexity index is 1140. The number of carbonyl (C=O) groups is 1. The molecule has 2 aromatic carbocycles. The van der Waals surface area contributed by atoms with Gasteiger partial charge in [-0.05, 0) is 74.2 Å². The van der Waals surface area contributed by atoms with Gasteiger partial charge in [0.1, 0.15) is 5.82 Å². The number of piperidine rings is 1. The highest BCUT2D eigenvalue weighted by molar-refractivity contribution is 5.95. The Balaban J connectivity index is 1.30. The SMILES string of the molecule is O=C(c1ccccc1CN1CCCC1)N1CCCC(c2cccc(Cc3ccccc3F)n2)C1. The Labute approximate surface area is 201 Å². The van der Waals surface area contributed by atoms with Gasteiger partial charge in [0.25, 0.3) is 5.91 Å². The number of carbonyl (C=O) groups excluding carboxylic acids is 1. The molecule has 0 radical (unpaired) electrons. The number of likely N-dealkylation sites (tertiary alicyclic amines) is 2. The first-order valence-electron chi connectivity index (χ1n) is 12.5. The molecule has 34 heavy (non-hydrogen) atoms. The van der Waals surface area contributed by atoms with Gasteiger partial charge < -0.3 is 4.90 Å². The van der Waals surface area contributed by atoms with Crippen molar-refractivity contribution in [3.05, 3.63) is 101 Å². The summed E-state index contributed by atoms with van der Waals surface area (Å²) in [5.41, 5.74) is 4.47. The minimum Gasteiger partial charge on any atom is -0.338 e. The van der Waals surface area contributed by atoms with Gasteiger partial charge in [-0.15, -0.1) is 0 Å². The van der Waals surface area contributed by atoms with E-state index in [0.717, 1.165) is 61.5 Å². The van der Waals surface area contributed by atoms with Crippen LogP contribution in [0.5, 0.6) is 0 Å². The summed E-state index contributed by atoms with van der Waals surface area (Å²) < 4.78 is 14.1. The van der Waals surface area contributed by atoms with E-state index in [4.69, 9.17) is 4.98 Å². The number of halogens is 1. The summed E-state index contributed by atoms with van der Waals surface area (Å²) in [4.78, 5) is 22.9. The van der Waals surface area contributed by atoms with Gasteiger partial charge >= 0.3 is 0 Å². The third-order valence-corrected chi connectivity index (χ3v) is 7.12. The summed E-state index contributed by atoms with van der Waals surface area (Å²) >= 11 is 0. The van der Waals surface area contributed by atoms with Crippen LogP contribution in [0.3, 0.4) is 0 Å². The average Bonchev–Trinajstić information content (AvgIpc) is 3.39. The van der Waals surface area contributed by atoms with Crippen LogP contribution in [-0.2, 0) is 13.0 Å². The molecule has 2 saturated heterocycles. The van der Waals surface area contributed by atoms with Crippen LogP contribution in [0.25, 0.3) is 0 Å². The fourth-order valence-electron chi connectivity index (χ4n) is 5.28. The van der Waals surface area contributed by atoms with E-state index in [1.165, 1.54) is 18.9 Å². The molecule has 4 nitrogen and oxygen atoms in total. The van der Waals surface area contributed by atoms with Gasteiger partial charge in [-0.2, -0.15) is 0 Å². The molecule has 0 spiro atoms. The number of nitrogens with zero attached hydrogens (tertiary/aromatic N) is 3. The van der Waals surface area contributed by atoms with Crippen molar-refractivity contribution in [2.24, 2.45) is 0 Å². The van der Waals surface area contributed by atoms with Gasteiger partial charge in [0.2, 0.25) is 0 Å². The zero-order valence-corrected chi connectivity index (χ0v) is 19.6. The zero-order chi connectivity index (χ0) is 23.3. The average molecular weight is 458 g/mol. The first-order chi connectivity index (χ1) is 16.7. The Morgan fingerprint density at radius 2 is 1.65 bits per heavy atom. The second-order valence-corrected chi connectivity index (χ2v) is 9.55. The van der Waals surface area contributed by atoms with Gasteiger partial charge in [0, 0.05) is 48.9 Å². The van der Waals surface area contributed by atoms with Crippen LogP contribution < -0.4 is 0 Å². The molecule has 2 fully saturated rings. The van der Waals surface area contributed by atoms with E-state index in [-0.39, 0.29) is 17.6 Å². The fraction of sp³-hybridized carbons (Fsp3) is 0.379. The molecule has 1 amide bonds. The molecule has 0 bridgehead atoms. The highest BCUT2D eigenvalue weighted by Gasteiger charge is 2.28. The highest BCUT2D eigenvalue weighted by atomic mass is 19.1. The fourth-order valence-corrected chi connectivity index (χ4v) is 5.28. The normalized spacial score (nSPS) is 18.9. The summed E-state index contributed by atoms with van der Waals surface area (Å²) in [7, 11) is 0. The molecule has 0 saturated carbocycles. The van der Waals surface area contributed by atoms with Gasteiger partial charge in [0.05, 0.1) is 0 Å². The van der Waals surface area contributed by atoms with E-state index >= 15 is 0 Å². The smallest absolute Gasteiger partial charge is 0.254 e. The summed E-state index contributed by atoms with van der Waals surface area (Å²) in [5, 5.41) is 0. The van der Waals surface area contributed by atoms with Crippen molar-refractivity contribution in [1.29, 1.82) is 0 Å². The van der Waals surface area contributed by atoms with Crippen molar-refractivity contribution in [3.8, 4) is 0 Å². The van der Waals surface area contributed by atoms with Crippen molar-refractivity contribution in [1.82, 2.24) is 14.8 Å². The van der Waals surface area contributed by atoms with E-state index < -0.39 is 0 Å². The molecule has 3 aromatic rings. The molecular weight excluding hydrogens is 425 g/mol. The minimum absolute atomic E-state index is 0.127. The van der Waals surface area contributed by atoms with Gasteiger partial charge in [-0.25, -0.2) is 4.39 Å². The molecule has 3 heterocycles. The predicted octanol–water partition coefficient (Wildman–Crippen LogP) is 5.43. The number of aromatic nitrogens is 1. The van der Waals surface area contributed by atoms with Crippen LogP contribution >= 0.6 is 0 Å². The lowest BCUT2D eigenvalue weighted by Gasteiger charge is -2.33. The van der Waals surface area contributed by atoms with Gasteiger partial charge in [0.15, 0.2) is 0 Å². The molecule has 2 aliphatic heterocycles. The third kappa shape index (κ3) is 5.20. The van der Waals surface area contributed by atoms with Gasteiger partial charge in [-0.1, -0.05) is 42.5 Å². The lowest BCUT2D eigenvalue weighted by molar-refractivity contribution is 0.0703. The Kier molecular flexibility index (Phi) is 7.00. The standard InChI is InChI=1S/C29H32FN3O/c30-27-14-4-2-9-22(27)19-25-12-7-15-28(31-25)24-11-8-18-33(21-24)29(34)26-13-3-1-10-23(26)20-32-16-5-6-17-32/h1-4,7,9-10,12-15,24H,5-6,8,11,16-21H2. The molecule has 1 aromatic heterocycles. The van der Waals surface area contributed by atoms with E-state index in [9.17, 15) is 9.18 Å². The lowest BCUT2D eigenvalue weighted by atomic mass is 9.93. The molecule has 2 aliphatic rings. The maximum Gasteiger partial charge on any atom is 0.254 e. The van der Waals surface area contributed by atoms with Crippen molar-refractivity contribution in [2.75, 3.05) is 26.2 Å². The van der Waals surface area contributed by atoms with Gasteiger partial charge in [-0.3, -0.25) is 14.7 Å². The largest absolute Gasteiger partial charge is 0.338 e. The van der Waals surface area contributed by atoms with Crippen LogP contribution in [-0.4, -0.2) is 46.9 Å². The molecule has 5 rings (SSSR count). The Morgan fingerprint density at radius 3 is 2.47 bits per heavy atom. The van der Waals surface area contributed by atoms with E-state index in [1.54, 1.807) is 6.07 Å². The third-order valence-electron chi connectivity index (χ3n) is 7.12. The molecule has 0 aliphatic carbocycles. The summed E-state index contributed by atoms with van der Waals surface area (Å²) in [5.74, 6) is 0.128. The van der Waals surface area contributed by atoms with Crippen LogP contribution in [0.15, 0.2) is 66.7 Å². The van der Waals surface area contributed by atoms with Crippen molar-refractivity contribution < 1.29 is 9.18 Å². The molecule has 176 valence electrons.